The van der Waals surface area contributed by atoms with Crippen molar-refractivity contribution in [3.63, 3.8) is 0 Å². The van der Waals surface area contributed by atoms with Crippen LogP contribution in [-0.2, 0) is 16.6 Å². The number of methoxy groups -OCH3 is 1. The molecule has 1 aromatic heterocycles. The van der Waals surface area contributed by atoms with Gasteiger partial charge in [0.1, 0.15) is 10.6 Å². The summed E-state index contributed by atoms with van der Waals surface area (Å²) in [5, 5.41) is 10.3. The number of aromatic nitrogens is 2. The topological polar surface area (TPSA) is 93.2 Å². The lowest BCUT2D eigenvalue weighted by molar-refractivity contribution is 0.402. The Morgan fingerprint density at radius 1 is 1.29 bits per heavy atom. The summed E-state index contributed by atoms with van der Waals surface area (Å²) in [5.74, 6) is 0.421. The molecule has 2 aromatic rings. The minimum atomic E-state index is -3.80. The Morgan fingerprint density at radius 3 is 2.71 bits per heavy atom. The minimum absolute atomic E-state index is 0.0587. The zero-order chi connectivity index (χ0) is 15.3. The molecule has 1 aromatic carbocycles. The van der Waals surface area contributed by atoms with Crippen LogP contribution in [0.5, 0.6) is 5.75 Å². The molecule has 0 bridgehead atoms. The average molecular weight is 308 g/mol. The summed E-state index contributed by atoms with van der Waals surface area (Å²) in [6.45, 7) is 0.553. The van der Waals surface area contributed by atoms with Crippen molar-refractivity contribution in [1.82, 2.24) is 15.5 Å². The summed E-state index contributed by atoms with van der Waals surface area (Å²) in [6, 6.07) is 8.11. The zero-order valence-corrected chi connectivity index (χ0v) is 12.5. The van der Waals surface area contributed by atoms with Gasteiger partial charge in [-0.15, -0.1) is 5.10 Å². The maximum atomic E-state index is 12.5. The number of benzene rings is 1. The Balaban J connectivity index is 2.40. The molecule has 21 heavy (non-hydrogen) atoms. The Labute approximate surface area is 123 Å². The summed E-state index contributed by atoms with van der Waals surface area (Å²) in [5.41, 5.74) is 0.831. The van der Waals surface area contributed by atoms with Crippen LogP contribution < -0.4 is 14.8 Å². The molecule has 0 aliphatic carbocycles. The van der Waals surface area contributed by atoms with Crippen molar-refractivity contribution in [2.24, 2.45) is 0 Å². The number of hydrogen-bond acceptors (Lipinski definition) is 6. The highest BCUT2D eigenvalue weighted by molar-refractivity contribution is 7.92. The summed E-state index contributed by atoms with van der Waals surface area (Å²) in [7, 11) is -0.589. The molecule has 0 unspecified atom stereocenters. The van der Waals surface area contributed by atoms with E-state index in [4.69, 9.17) is 4.74 Å². The van der Waals surface area contributed by atoms with E-state index < -0.39 is 10.0 Å². The van der Waals surface area contributed by atoms with Crippen LogP contribution in [0.3, 0.4) is 0 Å². The van der Waals surface area contributed by atoms with Gasteiger partial charge in [0.25, 0.3) is 10.0 Å². The number of hydrogen-bond donors (Lipinski definition) is 2. The van der Waals surface area contributed by atoms with Crippen molar-refractivity contribution in [2.75, 3.05) is 18.9 Å². The van der Waals surface area contributed by atoms with Crippen molar-refractivity contribution in [3.8, 4) is 5.75 Å². The summed E-state index contributed by atoms with van der Waals surface area (Å²) >= 11 is 0. The maximum absolute atomic E-state index is 12.5. The number of sulfonamides is 1. The SMILES string of the molecule is CNCc1ccc(OC)c(S(=O)(=O)Nc2cccnn2)c1. The van der Waals surface area contributed by atoms with Crippen LogP contribution in [0.2, 0.25) is 0 Å². The molecule has 112 valence electrons. The lowest BCUT2D eigenvalue weighted by atomic mass is 10.2. The Bertz CT molecular complexity index is 705. The fourth-order valence-corrected chi connectivity index (χ4v) is 3.01. The fourth-order valence-electron chi connectivity index (χ4n) is 1.79. The smallest absolute Gasteiger partial charge is 0.266 e. The molecule has 0 amide bonds. The molecule has 2 rings (SSSR count). The first-order valence-electron chi connectivity index (χ1n) is 6.19. The van der Waals surface area contributed by atoms with Gasteiger partial charge in [0.05, 0.1) is 7.11 Å². The third kappa shape index (κ3) is 3.67. The van der Waals surface area contributed by atoms with Crippen LogP contribution >= 0.6 is 0 Å². The van der Waals surface area contributed by atoms with E-state index in [1.54, 1.807) is 31.3 Å². The second kappa shape index (κ2) is 6.51. The van der Waals surface area contributed by atoms with E-state index in [1.807, 2.05) is 0 Å². The van der Waals surface area contributed by atoms with Crippen molar-refractivity contribution in [1.29, 1.82) is 0 Å². The van der Waals surface area contributed by atoms with Crippen molar-refractivity contribution < 1.29 is 13.2 Å². The van der Waals surface area contributed by atoms with Crippen LogP contribution in [-0.4, -0.2) is 32.8 Å². The van der Waals surface area contributed by atoms with Crippen molar-refractivity contribution in [3.05, 3.63) is 42.1 Å². The van der Waals surface area contributed by atoms with Crippen molar-refractivity contribution >= 4 is 15.8 Å². The summed E-state index contributed by atoms with van der Waals surface area (Å²) in [6.07, 6.45) is 1.46. The number of nitrogens with one attached hydrogen (secondary N) is 2. The van der Waals surface area contributed by atoms with Gasteiger partial charge in [-0.2, -0.15) is 5.10 Å². The van der Waals surface area contributed by atoms with E-state index in [0.717, 1.165) is 5.56 Å². The second-order valence-corrected chi connectivity index (χ2v) is 5.88. The molecule has 1 heterocycles. The largest absolute Gasteiger partial charge is 0.495 e. The molecule has 0 aliphatic heterocycles. The monoisotopic (exact) mass is 308 g/mol. The second-order valence-electron chi connectivity index (χ2n) is 4.23. The molecule has 0 saturated heterocycles. The van der Waals surface area contributed by atoms with E-state index in [-0.39, 0.29) is 16.5 Å². The highest BCUT2D eigenvalue weighted by Gasteiger charge is 2.20. The highest BCUT2D eigenvalue weighted by Crippen LogP contribution is 2.26. The molecular weight excluding hydrogens is 292 g/mol. The third-order valence-corrected chi connectivity index (χ3v) is 4.09. The first-order valence-corrected chi connectivity index (χ1v) is 7.67. The van der Waals surface area contributed by atoms with Crippen LogP contribution in [0.1, 0.15) is 5.56 Å². The lowest BCUT2D eigenvalue weighted by Gasteiger charge is -2.12. The summed E-state index contributed by atoms with van der Waals surface area (Å²) < 4.78 is 32.4. The van der Waals surface area contributed by atoms with Crippen LogP contribution in [0.25, 0.3) is 0 Å². The van der Waals surface area contributed by atoms with E-state index in [0.29, 0.717) is 6.54 Å². The molecule has 0 fully saturated rings. The molecule has 0 atom stereocenters. The van der Waals surface area contributed by atoms with Gasteiger partial charge < -0.3 is 10.1 Å². The molecule has 0 radical (unpaired) electrons. The van der Waals surface area contributed by atoms with Gasteiger partial charge in [-0.1, -0.05) is 6.07 Å². The van der Waals surface area contributed by atoms with Gasteiger partial charge in [-0.25, -0.2) is 8.42 Å². The third-order valence-electron chi connectivity index (χ3n) is 2.71. The zero-order valence-electron chi connectivity index (χ0n) is 11.7. The van der Waals surface area contributed by atoms with Crippen LogP contribution in [0.15, 0.2) is 41.4 Å². The Morgan fingerprint density at radius 2 is 2.10 bits per heavy atom. The molecular formula is C13H16N4O3S. The quantitative estimate of drug-likeness (QED) is 0.827. The van der Waals surface area contributed by atoms with Gasteiger partial charge in [0, 0.05) is 12.7 Å². The van der Waals surface area contributed by atoms with Crippen molar-refractivity contribution in [2.45, 2.75) is 11.4 Å². The fraction of sp³-hybridized carbons (Fsp3) is 0.231. The first kappa shape index (κ1) is 15.2. The normalized spacial score (nSPS) is 11.1. The van der Waals surface area contributed by atoms with Crippen LogP contribution in [0, 0.1) is 0 Å². The standard InChI is InChI=1S/C13H16N4O3S/c1-14-9-10-5-6-11(20-2)12(8-10)21(18,19)17-13-4-3-7-15-16-13/h3-8,14H,9H2,1-2H3,(H,16,17). The maximum Gasteiger partial charge on any atom is 0.266 e. The van der Waals surface area contributed by atoms with Gasteiger partial charge >= 0.3 is 0 Å². The number of nitrogens with zero attached hydrogens (tertiary/aromatic N) is 2. The molecule has 0 aliphatic rings. The number of rotatable bonds is 6. The van der Waals surface area contributed by atoms with E-state index in [2.05, 4.69) is 20.2 Å². The number of ether oxygens (including phenoxy) is 1. The minimum Gasteiger partial charge on any atom is -0.495 e. The molecule has 0 spiro atoms. The molecule has 8 heteroatoms. The highest BCUT2D eigenvalue weighted by atomic mass is 32.2. The predicted molar refractivity (Wildman–Crippen MR) is 78.6 cm³/mol. The lowest BCUT2D eigenvalue weighted by Crippen LogP contribution is -2.16. The van der Waals surface area contributed by atoms with Gasteiger partial charge in [0.15, 0.2) is 5.82 Å². The van der Waals surface area contributed by atoms with Gasteiger partial charge in [0.2, 0.25) is 0 Å². The van der Waals surface area contributed by atoms with E-state index in [1.165, 1.54) is 19.4 Å². The van der Waals surface area contributed by atoms with Crippen LogP contribution in [0.4, 0.5) is 5.82 Å². The Hall–Kier alpha value is -2.19. The van der Waals surface area contributed by atoms with Gasteiger partial charge in [-0.05, 0) is 36.9 Å². The predicted octanol–water partition coefficient (Wildman–Crippen LogP) is 1.01. The summed E-state index contributed by atoms with van der Waals surface area (Å²) in [4.78, 5) is 0.0587. The molecule has 0 saturated carbocycles. The number of anilines is 1. The van der Waals surface area contributed by atoms with E-state index in [9.17, 15) is 8.42 Å². The molecule has 7 nitrogen and oxygen atoms in total. The first-order chi connectivity index (χ1) is 10.1. The van der Waals surface area contributed by atoms with Gasteiger partial charge in [-0.3, -0.25) is 4.72 Å². The van der Waals surface area contributed by atoms with E-state index >= 15 is 0 Å². The average Bonchev–Trinajstić information content (AvgIpc) is 2.48. The Kier molecular flexibility index (Phi) is 4.71. The molecule has 2 N–H and O–H groups in total.